The third kappa shape index (κ3) is 4.91. The Morgan fingerprint density at radius 1 is 0.875 bits per heavy atom. The molecule has 1 aliphatic heterocycles. The van der Waals surface area contributed by atoms with Gasteiger partial charge in [-0.1, -0.05) is 60.7 Å². The lowest BCUT2D eigenvalue weighted by Gasteiger charge is -2.30. The SMILES string of the molecule is O=C(CN1CCNCC1)N(Cc1ccccc1)Cc1ccccc1. The van der Waals surface area contributed by atoms with Crippen LogP contribution in [0.25, 0.3) is 0 Å². The number of nitrogens with one attached hydrogen (secondary N) is 1. The van der Waals surface area contributed by atoms with Gasteiger partial charge in [-0.15, -0.1) is 0 Å². The highest BCUT2D eigenvalue weighted by Crippen LogP contribution is 2.11. The second kappa shape index (κ2) is 8.62. The summed E-state index contributed by atoms with van der Waals surface area (Å²) in [6.07, 6.45) is 0. The van der Waals surface area contributed by atoms with Crippen molar-refractivity contribution in [2.75, 3.05) is 32.7 Å². The fourth-order valence-corrected chi connectivity index (χ4v) is 3.00. The second-order valence-electron chi connectivity index (χ2n) is 6.25. The minimum atomic E-state index is 0.199. The first-order valence-electron chi connectivity index (χ1n) is 8.60. The molecule has 1 aliphatic rings. The Morgan fingerprint density at radius 3 is 1.88 bits per heavy atom. The summed E-state index contributed by atoms with van der Waals surface area (Å²) in [5.41, 5.74) is 2.34. The highest BCUT2D eigenvalue weighted by Gasteiger charge is 2.19. The zero-order valence-corrected chi connectivity index (χ0v) is 14.0. The number of hydrogen-bond acceptors (Lipinski definition) is 3. The first-order valence-corrected chi connectivity index (χ1v) is 8.60. The van der Waals surface area contributed by atoms with Crippen LogP contribution in [0, 0.1) is 0 Å². The number of carbonyl (C=O) groups excluding carboxylic acids is 1. The van der Waals surface area contributed by atoms with Crippen LogP contribution in [0.15, 0.2) is 60.7 Å². The third-order valence-electron chi connectivity index (χ3n) is 4.35. The van der Waals surface area contributed by atoms with E-state index in [1.165, 1.54) is 11.1 Å². The van der Waals surface area contributed by atoms with Crippen LogP contribution < -0.4 is 5.32 Å². The normalized spacial score (nSPS) is 15.2. The summed E-state index contributed by atoms with van der Waals surface area (Å²) in [6.45, 7) is 5.62. The molecule has 1 saturated heterocycles. The summed E-state index contributed by atoms with van der Waals surface area (Å²) >= 11 is 0. The summed E-state index contributed by atoms with van der Waals surface area (Å²) in [7, 11) is 0. The molecule has 0 aromatic heterocycles. The van der Waals surface area contributed by atoms with Gasteiger partial charge in [0, 0.05) is 39.3 Å². The number of nitrogens with zero attached hydrogens (tertiary/aromatic N) is 2. The predicted molar refractivity (Wildman–Crippen MR) is 96.4 cm³/mol. The lowest BCUT2D eigenvalue weighted by molar-refractivity contribution is -0.133. The smallest absolute Gasteiger partial charge is 0.237 e. The predicted octanol–water partition coefficient (Wildman–Crippen LogP) is 2.12. The van der Waals surface area contributed by atoms with E-state index in [1.807, 2.05) is 41.3 Å². The third-order valence-corrected chi connectivity index (χ3v) is 4.35. The van der Waals surface area contributed by atoms with E-state index in [1.54, 1.807) is 0 Å². The van der Waals surface area contributed by atoms with Gasteiger partial charge in [-0.2, -0.15) is 0 Å². The van der Waals surface area contributed by atoms with Crippen LogP contribution in [-0.4, -0.2) is 48.4 Å². The molecule has 0 unspecified atom stereocenters. The maximum atomic E-state index is 12.9. The van der Waals surface area contributed by atoms with Crippen molar-refractivity contribution in [2.24, 2.45) is 0 Å². The highest BCUT2D eigenvalue weighted by atomic mass is 16.2. The van der Waals surface area contributed by atoms with Crippen LogP contribution in [0.2, 0.25) is 0 Å². The lowest BCUT2D eigenvalue weighted by atomic mass is 10.1. The van der Waals surface area contributed by atoms with Gasteiger partial charge in [-0.05, 0) is 11.1 Å². The number of carbonyl (C=O) groups is 1. The van der Waals surface area contributed by atoms with Gasteiger partial charge in [0.25, 0.3) is 0 Å². The van der Waals surface area contributed by atoms with Crippen molar-refractivity contribution in [2.45, 2.75) is 13.1 Å². The minimum absolute atomic E-state index is 0.199. The van der Waals surface area contributed by atoms with Crippen LogP contribution in [0.5, 0.6) is 0 Å². The molecule has 2 aromatic carbocycles. The number of hydrogen-bond donors (Lipinski definition) is 1. The quantitative estimate of drug-likeness (QED) is 0.884. The van der Waals surface area contributed by atoms with Gasteiger partial charge in [0.2, 0.25) is 5.91 Å². The van der Waals surface area contributed by atoms with E-state index >= 15 is 0 Å². The van der Waals surface area contributed by atoms with Gasteiger partial charge in [0.1, 0.15) is 0 Å². The van der Waals surface area contributed by atoms with E-state index in [9.17, 15) is 4.79 Å². The molecule has 1 heterocycles. The van der Waals surface area contributed by atoms with Gasteiger partial charge in [0.05, 0.1) is 6.54 Å². The van der Waals surface area contributed by atoms with E-state index in [-0.39, 0.29) is 5.91 Å². The molecule has 2 aromatic rings. The summed E-state index contributed by atoms with van der Waals surface area (Å²) in [6, 6.07) is 20.4. The molecule has 0 saturated carbocycles. The summed E-state index contributed by atoms with van der Waals surface area (Å²) < 4.78 is 0. The van der Waals surface area contributed by atoms with Crippen LogP contribution in [0.3, 0.4) is 0 Å². The molecule has 3 rings (SSSR count). The molecule has 0 bridgehead atoms. The van der Waals surface area contributed by atoms with Crippen molar-refractivity contribution >= 4 is 5.91 Å². The topological polar surface area (TPSA) is 35.6 Å². The maximum absolute atomic E-state index is 12.9. The monoisotopic (exact) mass is 323 g/mol. The largest absolute Gasteiger partial charge is 0.333 e. The van der Waals surface area contributed by atoms with Crippen molar-refractivity contribution in [1.82, 2.24) is 15.1 Å². The van der Waals surface area contributed by atoms with Gasteiger partial charge >= 0.3 is 0 Å². The van der Waals surface area contributed by atoms with Crippen molar-refractivity contribution in [3.8, 4) is 0 Å². The maximum Gasteiger partial charge on any atom is 0.237 e. The molecule has 4 nitrogen and oxygen atoms in total. The van der Waals surface area contributed by atoms with Crippen LogP contribution in [0.1, 0.15) is 11.1 Å². The Labute approximate surface area is 144 Å². The number of benzene rings is 2. The molecule has 1 fully saturated rings. The summed E-state index contributed by atoms with van der Waals surface area (Å²) in [4.78, 5) is 17.1. The Hall–Kier alpha value is -2.17. The molecule has 0 radical (unpaired) electrons. The first kappa shape index (κ1) is 16.7. The first-order chi connectivity index (χ1) is 11.8. The van der Waals surface area contributed by atoms with Crippen molar-refractivity contribution < 1.29 is 4.79 Å². The van der Waals surface area contributed by atoms with E-state index in [0.29, 0.717) is 19.6 Å². The zero-order valence-electron chi connectivity index (χ0n) is 14.0. The van der Waals surface area contributed by atoms with Crippen LogP contribution in [0.4, 0.5) is 0 Å². The van der Waals surface area contributed by atoms with Gasteiger partial charge < -0.3 is 10.2 Å². The van der Waals surface area contributed by atoms with E-state index in [0.717, 1.165) is 26.2 Å². The molecule has 24 heavy (non-hydrogen) atoms. The van der Waals surface area contributed by atoms with E-state index in [4.69, 9.17) is 0 Å². The molecule has 126 valence electrons. The average Bonchev–Trinajstić information content (AvgIpc) is 2.64. The number of amides is 1. The zero-order chi connectivity index (χ0) is 16.6. The van der Waals surface area contributed by atoms with Crippen molar-refractivity contribution in [3.05, 3.63) is 71.8 Å². The molecule has 1 amide bonds. The van der Waals surface area contributed by atoms with Crippen LogP contribution in [-0.2, 0) is 17.9 Å². The highest BCUT2D eigenvalue weighted by molar-refractivity contribution is 5.78. The van der Waals surface area contributed by atoms with Gasteiger partial charge in [-0.25, -0.2) is 0 Å². The molecule has 0 atom stereocenters. The molecule has 4 heteroatoms. The number of rotatable bonds is 6. The van der Waals surface area contributed by atoms with Crippen molar-refractivity contribution in [3.63, 3.8) is 0 Å². The minimum Gasteiger partial charge on any atom is -0.333 e. The van der Waals surface area contributed by atoms with Gasteiger partial charge in [0.15, 0.2) is 0 Å². The lowest BCUT2D eigenvalue weighted by Crippen LogP contribution is -2.48. The standard InChI is InChI=1S/C20H25N3O/c24-20(17-22-13-11-21-12-14-22)23(15-18-7-3-1-4-8-18)16-19-9-5-2-6-10-19/h1-10,21H,11-17H2. The Kier molecular flexibility index (Phi) is 5.99. The fraction of sp³-hybridized carbons (Fsp3) is 0.350. The van der Waals surface area contributed by atoms with Crippen LogP contribution >= 0.6 is 0 Å². The summed E-state index contributed by atoms with van der Waals surface area (Å²) in [5.74, 6) is 0.199. The Morgan fingerprint density at radius 2 is 1.38 bits per heavy atom. The molecule has 0 spiro atoms. The number of piperazine rings is 1. The Balaban J connectivity index is 1.69. The summed E-state index contributed by atoms with van der Waals surface area (Å²) in [5, 5.41) is 3.33. The second-order valence-corrected chi connectivity index (χ2v) is 6.25. The van der Waals surface area contributed by atoms with Gasteiger partial charge in [-0.3, -0.25) is 9.69 Å². The Bertz CT molecular complexity index is 582. The molecular weight excluding hydrogens is 298 g/mol. The van der Waals surface area contributed by atoms with E-state index < -0.39 is 0 Å². The molecular formula is C20H25N3O. The average molecular weight is 323 g/mol. The van der Waals surface area contributed by atoms with E-state index in [2.05, 4.69) is 34.5 Å². The fourth-order valence-electron chi connectivity index (χ4n) is 3.00. The molecule has 1 N–H and O–H groups in total. The van der Waals surface area contributed by atoms with Crippen molar-refractivity contribution in [1.29, 1.82) is 0 Å². The molecule has 0 aliphatic carbocycles.